The molecule has 0 bridgehead atoms. The number of pyridine rings is 1. The molecule has 1 saturated heterocycles. The monoisotopic (exact) mass is 282 g/mol. The van der Waals surface area contributed by atoms with E-state index in [-0.39, 0.29) is 0 Å². The maximum atomic E-state index is 9.33. The Morgan fingerprint density at radius 3 is 3.05 bits per heavy atom. The summed E-state index contributed by atoms with van der Waals surface area (Å²) in [6.45, 7) is 3.41. The van der Waals surface area contributed by atoms with Gasteiger partial charge in [-0.25, -0.2) is 4.98 Å². The van der Waals surface area contributed by atoms with Crippen molar-refractivity contribution in [1.82, 2.24) is 9.88 Å². The van der Waals surface area contributed by atoms with Crippen LogP contribution in [0.3, 0.4) is 0 Å². The van der Waals surface area contributed by atoms with Crippen LogP contribution in [0.15, 0.2) is 6.07 Å². The van der Waals surface area contributed by atoms with Crippen molar-refractivity contribution in [3.63, 3.8) is 0 Å². The maximum absolute atomic E-state index is 9.33. The Kier molecular flexibility index (Phi) is 3.31. The van der Waals surface area contributed by atoms with Gasteiger partial charge in [0.15, 0.2) is 0 Å². The van der Waals surface area contributed by atoms with E-state index in [1.807, 2.05) is 6.07 Å². The molecule has 2 aliphatic carbocycles. The smallest absolute Gasteiger partial charge is 0.144 e. The molecule has 21 heavy (non-hydrogen) atoms. The molecule has 0 spiro atoms. The normalized spacial score (nSPS) is 24.8. The van der Waals surface area contributed by atoms with Crippen LogP contribution in [0.5, 0.6) is 0 Å². The van der Waals surface area contributed by atoms with Gasteiger partial charge in [0.2, 0.25) is 0 Å². The van der Waals surface area contributed by atoms with Crippen LogP contribution >= 0.6 is 0 Å². The summed E-state index contributed by atoms with van der Waals surface area (Å²) in [5, 5.41) is 12.8. The number of hydrogen-bond donors (Lipinski definition) is 1. The van der Waals surface area contributed by atoms with E-state index in [0.717, 1.165) is 31.2 Å². The molecule has 0 radical (unpaired) electrons. The third kappa shape index (κ3) is 2.63. The van der Waals surface area contributed by atoms with Crippen molar-refractivity contribution in [1.29, 1.82) is 5.26 Å². The van der Waals surface area contributed by atoms with Crippen LogP contribution in [0.25, 0.3) is 0 Å². The van der Waals surface area contributed by atoms with Gasteiger partial charge in [0.1, 0.15) is 11.9 Å². The summed E-state index contributed by atoms with van der Waals surface area (Å²) in [6, 6.07) is 5.22. The van der Waals surface area contributed by atoms with E-state index in [0.29, 0.717) is 11.5 Å². The number of anilines is 1. The zero-order valence-electron chi connectivity index (χ0n) is 12.4. The Bertz CT molecular complexity index is 585. The summed E-state index contributed by atoms with van der Waals surface area (Å²) < 4.78 is 0. The molecule has 1 atom stereocenters. The quantitative estimate of drug-likeness (QED) is 0.921. The van der Waals surface area contributed by atoms with Crippen LogP contribution in [0.2, 0.25) is 0 Å². The first-order valence-corrected chi connectivity index (χ1v) is 8.24. The fourth-order valence-electron chi connectivity index (χ4n) is 3.73. The van der Waals surface area contributed by atoms with Gasteiger partial charge in [0, 0.05) is 24.8 Å². The van der Waals surface area contributed by atoms with E-state index >= 15 is 0 Å². The predicted molar refractivity (Wildman–Crippen MR) is 82.2 cm³/mol. The average Bonchev–Trinajstić information content (AvgIpc) is 3.08. The van der Waals surface area contributed by atoms with Crippen LogP contribution in [0.4, 0.5) is 5.82 Å². The Balaban J connectivity index is 1.41. The van der Waals surface area contributed by atoms with E-state index in [2.05, 4.69) is 16.3 Å². The van der Waals surface area contributed by atoms with Gasteiger partial charge in [0.25, 0.3) is 0 Å². The fraction of sp³-hybridized carbons (Fsp3) is 0.647. The third-order valence-corrected chi connectivity index (χ3v) is 5.11. The lowest BCUT2D eigenvalue weighted by Gasteiger charge is -2.16. The van der Waals surface area contributed by atoms with Gasteiger partial charge in [-0.3, -0.25) is 0 Å². The van der Waals surface area contributed by atoms with Crippen LogP contribution in [0.1, 0.15) is 42.5 Å². The van der Waals surface area contributed by atoms with Crippen LogP contribution in [-0.2, 0) is 12.8 Å². The summed E-state index contributed by atoms with van der Waals surface area (Å²) in [6.07, 6.45) is 7.38. The van der Waals surface area contributed by atoms with Crippen molar-refractivity contribution in [3.8, 4) is 6.07 Å². The molecule has 2 heterocycles. The molecular formula is C17H22N4. The number of rotatable bonds is 4. The standard InChI is InChI=1S/C17H22N4/c18-9-14-8-13-2-1-3-16(13)20-17(14)19-10-12-6-7-21(11-12)15-4-5-15/h8,12,15H,1-7,10-11H2,(H,19,20). The predicted octanol–water partition coefficient (Wildman–Crippen LogP) is 2.34. The minimum Gasteiger partial charge on any atom is -0.369 e. The number of nitrogens with zero attached hydrogens (tertiary/aromatic N) is 3. The van der Waals surface area contributed by atoms with Gasteiger partial charge < -0.3 is 10.2 Å². The zero-order chi connectivity index (χ0) is 14.2. The molecule has 1 unspecified atom stereocenters. The summed E-state index contributed by atoms with van der Waals surface area (Å²) in [5.74, 6) is 1.51. The van der Waals surface area contributed by atoms with Crippen molar-refractivity contribution < 1.29 is 0 Å². The second kappa shape index (κ2) is 5.31. The first-order chi connectivity index (χ1) is 10.3. The van der Waals surface area contributed by atoms with Gasteiger partial charge in [-0.05, 0) is 62.6 Å². The maximum Gasteiger partial charge on any atom is 0.144 e. The number of likely N-dealkylation sites (tertiary alicyclic amines) is 1. The first kappa shape index (κ1) is 13.1. The highest BCUT2D eigenvalue weighted by molar-refractivity contribution is 5.55. The highest BCUT2D eigenvalue weighted by Gasteiger charge is 2.34. The Hall–Kier alpha value is -1.60. The molecule has 1 aliphatic heterocycles. The molecular weight excluding hydrogens is 260 g/mol. The highest BCUT2D eigenvalue weighted by atomic mass is 15.2. The Labute approximate surface area is 126 Å². The lowest BCUT2D eigenvalue weighted by atomic mass is 10.1. The van der Waals surface area contributed by atoms with Crippen molar-refractivity contribution in [2.75, 3.05) is 25.0 Å². The van der Waals surface area contributed by atoms with E-state index < -0.39 is 0 Å². The second-order valence-corrected chi connectivity index (χ2v) is 6.72. The van der Waals surface area contributed by atoms with Gasteiger partial charge >= 0.3 is 0 Å². The van der Waals surface area contributed by atoms with Crippen LogP contribution < -0.4 is 5.32 Å². The fourth-order valence-corrected chi connectivity index (χ4v) is 3.73. The molecule has 4 rings (SSSR count). The van der Waals surface area contributed by atoms with Crippen molar-refractivity contribution >= 4 is 5.82 Å². The molecule has 2 fully saturated rings. The Morgan fingerprint density at radius 2 is 2.24 bits per heavy atom. The summed E-state index contributed by atoms with van der Waals surface area (Å²) in [7, 11) is 0. The van der Waals surface area contributed by atoms with E-state index in [9.17, 15) is 5.26 Å². The molecule has 0 aromatic carbocycles. The van der Waals surface area contributed by atoms with E-state index in [1.165, 1.54) is 50.0 Å². The van der Waals surface area contributed by atoms with E-state index in [1.54, 1.807) is 0 Å². The number of nitrogens with one attached hydrogen (secondary N) is 1. The SMILES string of the molecule is N#Cc1cc2c(nc1NCC1CCN(C3CC3)C1)CCC2. The lowest BCUT2D eigenvalue weighted by Crippen LogP contribution is -2.25. The number of aromatic nitrogens is 1. The van der Waals surface area contributed by atoms with Gasteiger partial charge in [-0.2, -0.15) is 5.26 Å². The molecule has 4 nitrogen and oxygen atoms in total. The molecule has 4 heteroatoms. The third-order valence-electron chi connectivity index (χ3n) is 5.11. The summed E-state index contributed by atoms with van der Waals surface area (Å²) in [5.41, 5.74) is 3.19. The molecule has 0 amide bonds. The van der Waals surface area contributed by atoms with Crippen LogP contribution in [0, 0.1) is 17.2 Å². The number of aryl methyl sites for hydroxylation is 2. The van der Waals surface area contributed by atoms with Crippen molar-refractivity contribution in [3.05, 3.63) is 22.9 Å². The van der Waals surface area contributed by atoms with Gasteiger partial charge in [0.05, 0.1) is 5.56 Å². The first-order valence-electron chi connectivity index (χ1n) is 8.24. The molecule has 110 valence electrons. The topological polar surface area (TPSA) is 52.0 Å². The largest absolute Gasteiger partial charge is 0.369 e. The summed E-state index contributed by atoms with van der Waals surface area (Å²) >= 11 is 0. The molecule has 3 aliphatic rings. The highest BCUT2D eigenvalue weighted by Crippen LogP contribution is 2.32. The molecule has 1 aromatic heterocycles. The van der Waals surface area contributed by atoms with Gasteiger partial charge in [-0.1, -0.05) is 0 Å². The van der Waals surface area contributed by atoms with Crippen molar-refractivity contribution in [2.24, 2.45) is 5.92 Å². The minimum atomic E-state index is 0.701. The molecule has 1 N–H and O–H groups in total. The summed E-state index contributed by atoms with van der Waals surface area (Å²) in [4.78, 5) is 7.34. The minimum absolute atomic E-state index is 0.701. The van der Waals surface area contributed by atoms with Crippen LogP contribution in [-0.4, -0.2) is 35.6 Å². The molecule has 1 aromatic rings. The van der Waals surface area contributed by atoms with Gasteiger partial charge in [-0.15, -0.1) is 0 Å². The number of fused-ring (bicyclic) bond motifs is 1. The Morgan fingerprint density at radius 1 is 1.33 bits per heavy atom. The molecule has 1 saturated carbocycles. The van der Waals surface area contributed by atoms with E-state index in [4.69, 9.17) is 4.98 Å². The number of nitriles is 1. The number of hydrogen-bond acceptors (Lipinski definition) is 4. The second-order valence-electron chi connectivity index (χ2n) is 6.72. The lowest BCUT2D eigenvalue weighted by molar-refractivity contribution is 0.316. The zero-order valence-corrected chi connectivity index (χ0v) is 12.4. The average molecular weight is 282 g/mol. The van der Waals surface area contributed by atoms with Crippen molar-refractivity contribution in [2.45, 2.75) is 44.6 Å².